The Morgan fingerprint density at radius 1 is 1.14 bits per heavy atom. The van der Waals surface area contributed by atoms with E-state index in [1.807, 2.05) is 13.8 Å². The number of carbonyl (C=O) groups is 1. The van der Waals surface area contributed by atoms with E-state index in [1.165, 1.54) is 16.0 Å². The van der Waals surface area contributed by atoms with Crippen molar-refractivity contribution in [1.82, 2.24) is 19.7 Å². The van der Waals surface area contributed by atoms with Crippen LogP contribution < -0.4 is 10.9 Å². The lowest BCUT2D eigenvalue weighted by molar-refractivity contribution is 0.103. The Bertz CT molecular complexity index is 1330. The van der Waals surface area contributed by atoms with Gasteiger partial charge in [-0.05, 0) is 44.5 Å². The lowest BCUT2D eigenvalue weighted by Crippen LogP contribution is -2.23. The highest BCUT2D eigenvalue weighted by atomic mass is 32.1. The van der Waals surface area contributed by atoms with Gasteiger partial charge < -0.3 is 9.73 Å². The number of rotatable bonds is 3. The molecular weight excluding hydrogens is 390 g/mol. The van der Waals surface area contributed by atoms with E-state index in [0.29, 0.717) is 43.8 Å². The molecule has 0 saturated heterocycles. The van der Waals surface area contributed by atoms with Gasteiger partial charge in [-0.25, -0.2) is 14.6 Å². The monoisotopic (exact) mass is 409 g/mol. The topological polar surface area (TPSA) is 103 Å². The van der Waals surface area contributed by atoms with Crippen LogP contribution in [0, 0.1) is 27.7 Å². The van der Waals surface area contributed by atoms with Gasteiger partial charge in [-0.1, -0.05) is 0 Å². The van der Waals surface area contributed by atoms with Crippen molar-refractivity contribution in [2.75, 3.05) is 5.32 Å². The lowest BCUT2D eigenvalue weighted by atomic mass is 10.1. The Labute approximate surface area is 170 Å². The van der Waals surface area contributed by atoms with Crippen LogP contribution in [0.4, 0.5) is 5.69 Å². The summed E-state index contributed by atoms with van der Waals surface area (Å²) in [6.07, 6.45) is 0. The summed E-state index contributed by atoms with van der Waals surface area (Å²) >= 11 is 1.20. The minimum Gasteiger partial charge on any atom is -0.441 e. The molecule has 0 spiro atoms. The standard InChI is InChI=1S/C20H19N5O3S/c1-9-10(2)24-25(5)20(27)16(9)19-21-11(3)17(29-19)18(26)23-13-6-7-15-14(8-13)22-12(4)28-15/h6-8H,1-5H3,(H,23,26). The average molecular weight is 409 g/mol. The Hall–Kier alpha value is -3.33. The number of nitrogens with zero attached hydrogens (tertiary/aromatic N) is 4. The van der Waals surface area contributed by atoms with Gasteiger partial charge in [-0.15, -0.1) is 11.3 Å². The van der Waals surface area contributed by atoms with E-state index in [9.17, 15) is 9.59 Å². The second kappa shape index (κ2) is 6.93. The quantitative estimate of drug-likeness (QED) is 0.555. The molecule has 29 heavy (non-hydrogen) atoms. The van der Waals surface area contributed by atoms with E-state index >= 15 is 0 Å². The molecule has 0 saturated carbocycles. The van der Waals surface area contributed by atoms with E-state index < -0.39 is 0 Å². The van der Waals surface area contributed by atoms with Crippen LogP contribution in [0.2, 0.25) is 0 Å². The molecule has 1 amide bonds. The Balaban J connectivity index is 1.69. The van der Waals surface area contributed by atoms with Crippen molar-refractivity contribution in [3.63, 3.8) is 0 Å². The minimum atomic E-state index is -0.286. The number of anilines is 1. The molecule has 0 atom stereocenters. The molecule has 0 bridgehead atoms. The van der Waals surface area contributed by atoms with Crippen molar-refractivity contribution >= 4 is 34.0 Å². The summed E-state index contributed by atoms with van der Waals surface area (Å²) in [5, 5.41) is 7.58. The molecule has 0 fully saturated rings. The first-order valence-corrected chi connectivity index (χ1v) is 9.77. The predicted octanol–water partition coefficient (Wildman–Crippen LogP) is 3.53. The highest BCUT2D eigenvalue weighted by Crippen LogP contribution is 2.29. The van der Waals surface area contributed by atoms with E-state index in [4.69, 9.17) is 4.42 Å². The van der Waals surface area contributed by atoms with E-state index in [-0.39, 0.29) is 11.5 Å². The zero-order valence-electron chi connectivity index (χ0n) is 16.7. The van der Waals surface area contributed by atoms with Crippen molar-refractivity contribution in [2.45, 2.75) is 27.7 Å². The lowest BCUT2D eigenvalue weighted by Gasteiger charge is -2.07. The molecular formula is C20H19N5O3S. The second-order valence-corrected chi connectivity index (χ2v) is 7.82. The van der Waals surface area contributed by atoms with Crippen molar-refractivity contribution in [2.24, 2.45) is 7.05 Å². The van der Waals surface area contributed by atoms with Crippen LogP contribution in [0.3, 0.4) is 0 Å². The molecule has 4 aromatic rings. The van der Waals surface area contributed by atoms with Crippen LogP contribution in [-0.2, 0) is 7.05 Å². The van der Waals surface area contributed by atoms with Crippen LogP contribution >= 0.6 is 11.3 Å². The Morgan fingerprint density at radius 2 is 1.90 bits per heavy atom. The van der Waals surface area contributed by atoms with Gasteiger partial charge in [0.25, 0.3) is 11.5 Å². The van der Waals surface area contributed by atoms with Crippen LogP contribution in [-0.4, -0.2) is 25.7 Å². The summed E-state index contributed by atoms with van der Waals surface area (Å²) in [6.45, 7) is 7.21. The van der Waals surface area contributed by atoms with Gasteiger partial charge in [-0.3, -0.25) is 9.59 Å². The summed E-state index contributed by atoms with van der Waals surface area (Å²) in [7, 11) is 1.61. The van der Waals surface area contributed by atoms with Gasteiger partial charge in [0, 0.05) is 19.7 Å². The first-order valence-electron chi connectivity index (χ1n) is 8.95. The van der Waals surface area contributed by atoms with Crippen molar-refractivity contribution < 1.29 is 9.21 Å². The molecule has 9 heteroatoms. The summed E-state index contributed by atoms with van der Waals surface area (Å²) in [5.74, 6) is 0.280. The highest BCUT2D eigenvalue weighted by Gasteiger charge is 2.21. The summed E-state index contributed by atoms with van der Waals surface area (Å²) < 4.78 is 6.75. The van der Waals surface area contributed by atoms with Gasteiger partial charge in [-0.2, -0.15) is 5.10 Å². The number of fused-ring (bicyclic) bond motifs is 1. The zero-order chi connectivity index (χ0) is 20.9. The molecule has 8 nitrogen and oxygen atoms in total. The number of hydrogen-bond acceptors (Lipinski definition) is 7. The number of benzene rings is 1. The van der Waals surface area contributed by atoms with Crippen molar-refractivity contribution in [3.05, 3.63) is 56.3 Å². The Morgan fingerprint density at radius 3 is 2.66 bits per heavy atom. The first kappa shape index (κ1) is 19.0. The maximum absolute atomic E-state index is 12.8. The van der Waals surface area contributed by atoms with Gasteiger partial charge in [0.1, 0.15) is 15.4 Å². The van der Waals surface area contributed by atoms with E-state index in [2.05, 4.69) is 20.4 Å². The molecule has 4 rings (SSSR count). The number of aromatic nitrogens is 4. The first-order chi connectivity index (χ1) is 13.7. The largest absolute Gasteiger partial charge is 0.441 e. The fourth-order valence-corrected chi connectivity index (χ4v) is 4.18. The van der Waals surface area contributed by atoms with Crippen LogP contribution in [0.15, 0.2) is 27.4 Å². The van der Waals surface area contributed by atoms with Crippen LogP contribution in [0.1, 0.15) is 32.5 Å². The molecule has 3 heterocycles. The number of carbonyl (C=O) groups excluding carboxylic acids is 1. The predicted molar refractivity (Wildman–Crippen MR) is 111 cm³/mol. The third kappa shape index (κ3) is 3.33. The number of amides is 1. The van der Waals surface area contributed by atoms with Crippen LogP contribution in [0.25, 0.3) is 21.7 Å². The molecule has 0 aliphatic rings. The number of nitrogens with one attached hydrogen (secondary N) is 1. The third-order valence-electron chi connectivity index (χ3n) is 4.69. The van der Waals surface area contributed by atoms with E-state index in [1.54, 1.807) is 39.1 Å². The molecule has 0 aliphatic carbocycles. The summed E-state index contributed by atoms with van der Waals surface area (Å²) in [5.41, 5.74) is 4.27. The number of oxazole rings is 1. The molecule has 1 aromatic carbocycles. The van der Waals surface area contributed by atoms with Crippen LogP contribution in [0.5, 0.6) is 0 Å². The maximum Gasteiger partial charge on any atom is 0.277 e. The van der Waals surface area contributed by atoms with Gasteiger partial charge in [0.2, 0.25) is 0 Å². The normalized spacial score (nSPS) is 11.2. The molecule has 0 aliphatic heterocycles. The van der Waals surface area contributed by atoms with Gasteiger partial charge in [0.05, 0.1) is 17.0 Å². The molecule has 1 N–H and O–H groups in total. The molecule has 148 valence electrons. The zero-order valence-corrected chi connectivity index (χ0v) is 17.5. The average Bonchev–Trinajstić information content (AvgIpc) is 3.21. The number of aryl methyl sites for hydroxylation is 4. The molecule has 0 unspecified atom stereocenters. The van der Waals surface area contributed by atoms with Gasteiger partial charge >= 0.3 is 0 Å². The fourth-order valence-electron chi connectivity index (χ4n) is 3.12. The maximum atomic E-state index is 12.8. The minimum absolute atomic E-state index is 0.235. The Kier molecular flexibility index (Phi) is 4.54. The second-order valence-electron chi connectivity index (χ2n) is 6.82. The number of thiazole rings is 1. The third-order valence-corrected chi connectivity index (χ3v) is 5.87. The van der Waals surface area contributed by atoms with Crippen molar-refractivity contribution in [3.8, 4) is 10.6 Å². The number of hydrogen-bond donors (Lipinski definition) is 1. The molecule has 0 radical (unpaired) electrons. The molecule has 3 aromatic heterocycles. The summed E-state index contributed by atoms with van der Waals surface area (Å²) in [6, 6.07) is 5.28. The van der Waals surface area contributed by atoms with Crippen molar-refractivity contribution in [1.29, 1.82) is 0 Å². The SMILES string of the molecule is Cc1nc2cc(NC(=O)c3sc(-c4c(C)c(C)nn(C)c4=O)nc3C)ccc2o1. The summed E-state index contributed by atoms with van der Waals surface area (Å²) in [4.78, 5) is 34.7. The smallest absolute Gasteiger partial charge is 0.277 e. The highest BCUT2D eigenvalue weighted by molar-refractivity contribution is 7.17. The van der Waals surface area contributed by atoms with E-state index in [0.717, 1.165) is 11.3 Å². The fraction of sp³-hybridized carbons (Fsp3) is 0.250. The van der Waals surface area contributed by atoms with Gasteiger partial charge in [0.15, 0.2) is 11.5 Å².